The number of halogens is 1. The Hall–Kier alpha value is -1.62. The fraction of sp³-hybridized carbons (Fsp3) is 0.286. The third kappa shape index (κ3) is 3.67. The highest BCUT2D eigenvalue weighted by molar-refractivity contribution is 9.10. The number of nitrogens with one attached hydrogen (secondary N) is 2. The summed E-state index contributed by atoms with van der Waals surface area (Å²) in [6.45, 7) is 4.96. The van der Waals surface area contributed by atoms with Gasteiger partial charge in [-0.1, -0.05) is 22.9 Å². The van der Waals surface area contributed by atoms with Gasteiger partial charge in [0, 0.05) is 22.9 Å². The first kappa shape index (κ1) is 13.8. The molecule has 1 aromatic carbocycles. The Morgan fingerprint density at radius 1 is 1.21 bits per heavy atom. The lowest BCUT2D eigenvalue weighted by atomic mass is 10.1. The average Bonchev–Trinajstić information content (AvgIpc) is 2.41. The molecule has 0 aliphatic carbocycles. The number of rotatable bonds is 5. The molecule has 5 heteroatoms. The molecule has 0 saturated carbocycles. The molecular weight excluding hydrogens is 304 g/mol. The van der Waals surface area contributed by atoms with Crippen LogP contribution in [-0.2, 0) is 6.42 Å². The second kappa shape index (κ2) is 6.52. The average molecular weight is 321 g/mol. The molecule has 0 radical (unpaired) electrons. The van der Waals surface area contributed by atoms with Gasteiger partial charge in [-0.15, -0.1) is 0 Å². The van der Waals surface area contributed by atoms with Crippen LogP contribution in [0.15, 0.2) is 34.9 Å². The van der Waals surface area contributed by atoms with Gasteiger partial charge in [-0.2, -0.15) is 4.98 Å². The Morgan fingerprint density at radius 2 is 2.05 bits per heavy atom. The molecule has 0 fully saturated rings. The molecule has 0 atom stereocenters. The minimum Gasteiger partial charge on any atom is -0.354 e. The fourth-order valence-electron chi connectivity index (χ4n) is 1.79. The highest BCUT2D eigenvalue weighted by Crippen LogP contribution is 2.24. The maximum atomic E-state index is 4.41. The Balaban J connectivity index is 2.23. The van der Waals surface area contributed by atoms with Crippen LogP contribution < -0.4 is 10.6 Å². The van der Waals surface area contributed by atoms with Crippen molar-refractivity contribution in [2.75, 3.05) is 17.2 Å². The third-order valence-electron chi connectivity index (χ3n) is 2.70. The Bertz CT molecular complexity index is 557. The van der Waals surface area contributed by atoms with E-state index in [4.69, 9.17) is 0 Å². The lowest BCUT2D eigenvalue weighted by molar-refractivity contribution is 1.08. The zero-order valence-electron chi connectivity index (χ0n) is 11.1. The first-order chi connectivity index (χ1) is 9.22. The Kier molecular flexibility index (Phi) is 4.74. The molecule has 0 aliphatic heterocycles. The van der Waals surface area contributed by atoms with Gasteiger partial charge in [-0.3, -0.25) is 0 Å². The maximum absolute atomic E-state index is 4.41. The largest absolute Gasteiger partial charge is 0.354 e. The topological polar surface area (TPSA) is 49.8 Å². The monoisotopic (exact) mass is 320 g/mol. The van der Waals surface area contributed by atoms with E-state index >= 15 is 0 Å². The van der Waals surface area contributed by atoms with Crippen molar-refractivity contribution in [3.63, 3.8) is 0 Å². The van der Waals surface area contributed by atoms with Crippen LogP contribution in [0.1, 0.15) is 19.4 Å². The van der Waals surface area contributed by atoms with Crippen LogP contribution in [0.25, 0.3) is 0 Å². The number of aromatic nitrogens is 2. The zero-order chi connectivity index (χ0) is 13.7. The predicted octanol–water partition coefficient (Wildman–Crippen LogP) is 3.98. The molecule has 2 aromatic rings. The first-order valence-electron chi connectivity index (χ1n) is 6.35. The lowest BCUT2D eigenvalue weighted by Crippen LogP contribution is -2.04. The minimum absolute atomic E-state index is 0.641. The second-order valence-corrected chi connectivity index (χ2v) is 4.99. The van der Waals surface area contributed by atoms with Crippen molar-refractivity contribution in [2.24, 2.45) is 0 Å². The van der Waals surface area contributed by atoms with Crippen molar-refractivity contribution in [1.29, 1.82) is 0 Å². The summed E-state index contributed by atoms with van der Waals surface area (Å²) in [4.78, 5) is 8.57. The minimum atomic E-state index is 0.641. The molecule has 1 heterocycles. The fourth-order valence-corrected chi connectivity index (χ4v) is 2.19. The van der Waals surface area contributed by atoms with E-state index < -0.39 is 0 Å². The highest BCUT2D eigenvalue weighted by Gasteiger charge is 2.04. The molecule has 2 N–H and O–H groups in total. The number of anilines is 3. The molecule has 0 spiro atoms. The molecule has 4 nitrogen and oxygen atoms in total. The zero-order valence-corrected chi connectivity index (χ0v) is 12.7. The van der Waals surface area contributed by atoms with E-state index in [0.29, 0.717) is 5.95 Å². The smallest absolute Gasteiger partial charge is 0.224 e. The number of nitrogens with zero attached hydrogens (tertiary/aromatic N) is 2. The van der Waals surface area contributed by atoms with Gasteiger partial charge in [-0.05, 0) is 43.2 Å². The summed E-state index contributed by atoms with van der Waals surface area (Å²) in [5.41, 5.74) is 2.32. The maximum Gasteiger partial charge on any atom is 0.224 e. The quantitative estimate of drug-likeness (QED) is 0.875. The molecule has 0 unspecified atom stereocenters. The molecule has 0 saturated heterocycles. The number of aryl methyl sites for hydroxylation is 1. The van der Waals surface area contributed by atoms with Crippen molar-refractivity contribution in [3.05, 3.63) is 40.5 Å². The summed E-state index contributed by atoms with van der Waals surface area (Å²) in [5.74, 6) is 1.44. The normalized spacial score (nSPS) is 10.3. The number of benzene rings is 1. The lowest BCUT2D eigenvalue weighted by Gasteiger charge is -2.11. The number of hydrogen-bond donors (Lipinski definition) is 2. The molecule has 0 amide bonds. The van der Waals surface area contributed by atoms with Gasteiger partial charge in [0.1, 0.15) is 5.82 Å². The van der Waals surface area contributed by atoms with Gasteiger partial charge < -0.3 is 10.6 Å². The molecule has 0 aliphatic rings. The van der Waals surface area contributed by atoms with E-state index in [2.05, 4.69) is 55.6 Å². The Morgan fingerprint density at radius 3 is 2.79 bits per heavy atom. The number of hydrogen-bond acceptors (Lipinski definition) is 4. The van der Waals surface area contributed by atoms with Crippen LogP contribution in [-0.4, -0.2) is 16.5 Å². The van der Waals surface area contributed by atoms with E-state index in [9.17, 15) is 0 Å². The van der Waals surface area contributed by atoms with E-state index in [0.717, 1.165) is 28.9 Å². The van der Waals surface area contributed by atoms with Gasteiger partial charge >= 0.3 is 0 Å². The molecular formula is C14H17BrN4. The van der Waals surface area contributed by atoms with Crippen LogP contribution in [0.4, 0.5) is 17.5 Å². The molecule has 2 rings (SSSR count). The third-order valence-corrected chi connectivity index (χ3v) is 3.19. The van der Waals surface area contributed by atoms with Crippen LogP contribution in [0, 0.1) is 0 Å². The van der Waals surface area contributed by atoms with Gasteiger partial charge in [0.25, 0.3) is 0 Å². The van der Waals surface area contributed by atoms with Gasteiger partial charge in [-0.25, -0.2) is 4.98 Å². The summed E-state index contributed by atoms with van der Waals surface area (Å²) in [6.07, 6.45) is 2.71. The van der Waals surface area contributed by atoms with Crippen LogP contribution in [0.3, 0.4) is 0 Å². The molecule has 1 aromatic heterocycles. The van der Waals surface area contributed by atoms with Crippen molar-refractivity contribution >= 4 is 33.4 Å². The summed E-state index contributed by atoms with van der Waals surface area (Å²) in [5, 5.41) is 6.44. The van der Waals surface area contributed by atoms with Crippen molar-refractivity contribution in [3.8, 4) is 0 Å². The van der Waals surface area contributed by atoms with E-state index in [-0.39, 0.29) is 0 Å². The van der Waals surface area contributed by atoms with E-state index in [1.165, 1.54) is 5.56 Å². The Labute approximate surface area is 121 Å². The van der Waals surface area contributed by atoms with Gasteiger partial charge in [0.05, 0.1) is 0 Å². The summed E-state index contributed by atoms with van der Waals surface area (Å²) >= 11 is 3.49. The summed E-state index contributed by atoms with van der Waals surface area (Å²) < 4.78 is 1.09. The molecule has 100 valence electrons. The molecule has 0 bridgehead atoms. The van der Waals surface area contributed by atoms with Crippen molar-refractivity contribution in [2.45, 2.75) is 20.3 Å². The standard InChI is InChI=1S/C14H17BrN4/c1-3-10-9-11(15)5-6-12(10)18-13-7-8-17-14(19-13)16-4-2/h5-9H,3-4H2,1-2H3,(H2,16,17,18,19). The van der Waals surface area contributed by atoms with Crippen molar-refractivity contribution < 1.29 is 0 Å². The summed E-state index contributed by atoms with van der Waals surface area (Å²) in [7, 11) is 0. The summed E-state index contributed by atoms with van der Waals surface area (Å²) in [6, 6.07) is 8.06. The van der Waals surface area contributed by atoms with E-state index in [1.54, 1.807) is 6.20 Å². The molecule has 19 heavy (non-hydrogen) atoms. The van der Waals surface area contributed by atoms with E-state index in [1.807, 2.05) is 19.1 Å². The van der Waals surface area contributed by atoms with Crippen molar-refractivity contribution in [1.82, 2.24) is 9.97 Å². The first-order valence-corrected chi connectivity index (χ1v) is 7.14. The van der Waals surface area contributed by atoms with Crippen LogP contribution >= 0.6 is 15.9 Å². The van der Waals surface area contributed by atoms with Gasteiger partial charge in [0.15, 0.2) is 0 Å². The predicted molar refractivity (Wildman–Crippen MR) is 83.0 cm³/mol. The highest BCUT2D eigenvalue weighted by atomic mass is 79.9. The van der Waals surface area contributed by atoms with Crippen LogP contribution in [0.2, 0.25) is 0 Å². The van der Waals surface area contributed by atoms with Crippen LogP contribution in [0.5, 0.6) is 0 Å². The van der Waals surface area contributed by atoms with Gasteiger partial charge in [0.2, 0.25) is 5.95 Å². The SMILES string of the molecule is CCNc1nccc(Nc2ccc(Br)cc2CC)n1. The second-order valence-electron chi connectivity index (χ2n) is 4.08.